The molecule has 0 spiro atoms. The van der Waals surface area contributed by atoms with E-state index in [2.05, 4.69) is 30.7 Å². The number of ether oxygens (including phenoxy) is 1. The van der Waals surface area contributed by atoms with Crippen LogP contribution in [0.3, 0.4) is 0 Å². The zero-order valence-electron chi connectivity index (χ0n) is 13.1. The van der Waals surface area contributed by atoms with Gasteiger partial charge in [-0.3, -0.25) is 4.79 Å². The second-order valence-electron chi connectivity index (χ2n) is 5.99. The molecule has 1 unspecified atom stereocenters. The summed E-state index contributed by atoms with van der Waals surface area (Å²) in [6.45, 7) is 7.21. The van der Waals surface area contributed by atoms with Crippen LogP contribution < -0.4 is 10.3 Å². The molecular formula is C17H21ClN2O2. The Bertz CT molecular complexity index is 682. The molecule has 1 atom stereocenters. The molecular weight excluding hydrogens is 300 g/mol. The molecule has 0 amide bonds. The molecule has 1 heterocycles. The van der Waals surface area contributed by atoms with Gasteiger partial charge in [-0.15, -0.1) is 0 Å². The highest BCUT2D eigenvalue weighted by Gasteiger charge is 2.09. The number of rotatable bonds is 6. The van der Waals surface area contributed by atoms with Crippen LogP contribution in [0.15, 0.2) is 35.4 Å². The lowest BCUT2D eigenvalue weighted by molar-refractivity contribution is 0.239. The van der Waals surface area contributed by atoms with Crippen LogP contribution in [-0.2, 0) is 0 Å². The van der Waals surface area contributed by atoms with Gasteiger partial charge in [0.25, 0.3) is 5.56 Å². The van der Waals surface area contributed by atoms with Crippen molar-refractivity contribution in [3.8, 4) is 17.0 Å². The molecule has 22 heavy (non-hydrogen) atoms. The molecule has 0 aliphatic carbocycles. The third kappa shape index (κ3) is 4.60. The highest BCUT2D eigenvalue weighted by molar-refractivity contribution is 6.32. The second kappa shape index (κ2) is 7.45. The van der Waals surface area contributed by atoms with E-state index < -0.39 is 0 Å². The van der Waals surface area contributed by atoms with E-state index in [-0.39, 0.29) is 5.56 Å². The number of hydrogen-bond donors (Lipinski definition) is 1. The summed E-state index contributed by atoms with van der Waals surface area (Å²) in [4.78, 5) is 18.0. The molecule has 0 saturated carbocycles. The smallest absolute Gasteiger partial charge is 0.251 e. The average molecular weight is 321 g/mol. The number of nitrogens with zero attached hydrogens (tertiary/aromatic N) is 1. The summed E-state index contributed by atoms with van der Waals surface area (Å²) in [5, 5.41) is 0.524. The average Bonchev–Trinajstić information content (AvgIpc) is 2.45. The summed E-state index contributed by atoms with van der Waals surface area (Å²) >= 11 is 6.27. The topological polar surface area (TPSA) is 55.0 Å². The van der Waals surface area contributed by atoms with Gasteiger partial charge >= 0.3 is 0 Å². The van der Waals surface area contributed by atoms with Crippen LogP contribution in [-0.4, -0.2) is 16.6 Å². The fourth-order valence-electron chi connectivity index (χ4n) is 2.41. The Kier molecular flexibility index (Phi) is 5.61. The third-order valence-electron chi connectivity index (χ3n) is 3.30. The SMILES string of the molecule is CC(C)CC(C)COc1ccc(-c2cc(=O)[nH]cn2)cc1Cl. The molecule has 4 nitrogen and oxygen atoms in total. The van der Waals surface area contributed by atoms with Crippen LogP contribution in [0.5, 0.6) is 5.75 Å². The van der Waals surface area contributed by atoms with Gasteiger partial charge in [0, 0.05) is 11.6 Å². The van der Waals surface area contributed by atoms with Gasteiger partial charge in [0.1, 0.15) is 5.75 Å². The zero-order chi connectivity index (χ0) is 16.1. The molecule has 1 aromatic heterocycles. The first kappa shape index (κ1) is 16.6. The maximum absolute atomic E-state index is 11.3. The van der Waals surface area contributed by atoms with Crippen molar-refractivity contribution in [2.24, 2.45) is 11.8 Å². The summed E-state index contributed by atoms with van der Waals surface area (Å²) in [5.74, 6) is 1.79. The van der Waals surface area contributed by atoms with E-state index in [1.807, 2.05) is 12.1 Å². The Morgan fingerprint density at radius 3 is 2.68 bits per heavy atom. The van der Waals surface area contributed by atoms with Gasteiger partial charge in [0.2, 0.25) is 0 Å². The van der Waals surface area contributed by atoms with E-state index in [4.69, 9.17) is 16.3 Å². The molecule has 2 rings (SSSR count). The van der Waals surface area contributed by atoms with Crippen LogP contribution in [0.1, 0.15) is 27.2 Å². The van der Waals surface area contributed by atoms with E-state index in [0.717, 1.165) is 12.0 Å². The number of nitrogens with one attached hydrogen (secondary N) is 1. The minimum Gasteiger partial charge on any atom is -0.492 e. The molecule has 0 aliphatic rings. The minimum absolute atomic E-state index is 0.191. The second-order valence-corrected chi connectivity index (χ2v) is 6.39. The molecule has 5 heteroatoms. The quantitative estimate of drug-likeness (QED) is 0.869. The highest BCUT2D eigenvalue weighted by Crippen LogP contribution is 2.29. The monoisotopic (exact) mass is 320 g/mol. The van der Waals surface area contributed by atoms with Crippen molar-refractivity contribution in [1.29, 1.82) is 0 Å². The van der Waals surface area contributed by atoms with Crippen molar-refractivity contribution >= 4 is 11.6 Å². The summed E-state index contributed by atoms with van der Waals surface area (Å²) in [7, 11) is 0. The molecule has 0 aliphatic heterocycles. The molecule has 0 saturated heterocycles. The molecule has 1 N–H and O–H groups in total. The van der Waals surface area contributed by atoms with Crippen molar-refractivity contribution in [3.05, 3.63) is 46.0 Å². The van der Waals surface area contributed by atoms with Crippen molar-refractivity contribution in [3.63, 3.8) is 0 Å². The number of aromatic nitrogens is 2. The molecule has 0 bridgehead atoms. The number of aromatic amines is 1. The van der Waals surface area contributed by atoms with E-state index in [1.165, 1.54) is 12.4 Å². The predicted octanol–water partition coefficient (Wildman–Crippen LogP) is 4.15. The number of H-pyrrole nitrogens is 1. The summed E-state index contributed by atoms with van der Waals surface area (Å²) in [5.41, 5.74) is 1.19. The van der Waals surface area contributed by atoms with Gasteiger partial charge in [-0.1, -0.05) is 32.4 Å². The molecule has 2 aromatic rings. The van der Waals surface area contributed by atoms with E-state index in [9.17, 15) is 4.79 Å². The van der Waals surface area contributed by atoms with Gasteiger partial charge in [0.05, 0.1) is 23.7 Å². The van der Waals surface area contributed by atoms with E-state index >= 15 is 0 Å². The lowest BCUT2D eigenvalue weighted by atomic mass is 10.00. The molecule has 118 valence electrons. The van der Waals surface area contributed by atoms with Gasteiger partial charge in [-0.2, -0.15) is 0 Å². The first-order valence-electron chi connectivity index (χ1n) is 7.43. The van der Waals surface area contributed by atoms with Crippen LogP contribution in [0.25, 0.3) is 11.3 Å². The number of hydrogen-bond acceptors (Lipinski definition) is 3. The van der Waals surface area contributed by atoms with Crippen molar-refractivity contribution in [2.75, 3.05) is 6.61 Å². The number of benzene rings is 1. The maximum atomic E-state index is 11.3. The van der Waals surface area contributed by atoms with Crippen LogP contribution in [0, 0.1) is 11.8 Å². The maximum Gasteiger partial charge on any atom is 0.251 e. The molecule has 1 aromatic carbocycles. The van der Waals surface area contributed by atoms with Crippen LogP contribution >= 0.6 is 11.6 Å². The summed E-state index contributed by atoms with van der Waals surface area (Å²) < 4.78 is 5.79. The van der Waals surface area contributed by atoms with Crippen LogP contribution in [0.2, 0.25) is 5.02 Å². The summed E-state index contributed by atoms with van der Waals surface area (Å²) in [6, 6.07) is 6.89. The predicted molar refractivity (Wildman–Crippen MR) is 89.4 cm³/mol. The highest BCUT2D eigenvalue weighted by atomic mass is 35.5. The van der Waals surface area contributed by atoms with Gasteiger partial charge in [-0.25, -0.2) is 4.98 Å². The van der Waals surface area contributed by atoms with Crippen LogP contribution in [0.4, 0.5) is 0 Å². The van der Waals surface area contributed by atoms with Crippen molar-refractivity contribution in [1.82, 2.24) is 9.97 Å². The molecule has 0 radical (unpaired) electrons. The Morgan fingerprint density at radius 1 is 1.27 bits per heavy atom. The third-order valence-corrected chi connectivity index (χ3v) is 3.60. The fraction of sp³-hybridized carbons (Fsp3) is 0.412. The van der Waals surface area contributed by atoms with E-state index in [1.54, 1.807) is 6.07 Å². The number of halogens is 1. The normalized spacial score (nSPS) is 12.4. The zero-order valence-corrected chi connectivity index (χ0v) is 13.9. The van der Waals surface area contributed by atoms with Crippen molar-refractivity contribution < 1.29 is 4.74 Å². The van der Waals surface area contributed by atoms with E-state index in [0.29, 0.717) is 34.9 Å². The Labute approximate surface area is 135 Å². The lowest BCUT2D eigenvalue weighted by Gasteiger charge is -2.16. The van der Waals surface area contributed by atoms with Gasteiger partial charge in [-0.05, 0) is 36.5 Å². The Hall–Kier alpha value is -1.81. The largest absolute Gasteiger partial charge is 0.492 e. The first-order chi connectivity index (χ1) is 10.5. The molecule has 0 fully saturated rings. The lowest BCUT2D eigenvalue weighted by Crippen LogP contribution is -2.11. The van der Waals surface area contributed by atoms with Gasteiger partial charge < -0.3 is 9.72 Å². The first-order valence-corrected chi connectivity index (χ1v) is 7.81. The standard InChI is InChI=1S/C17H21ClN2O2/c1-11(2)6-12(3)9-22-16-5-4-13(7-14(16)18)15-8-17(21)20-10-19-15/h4-5,7-8,10-12H,6,9H2,1-3H3,(H,19,20,21). The Morgan fingerprint density at radius 2 is 2.05 bits per heavy atom. The fourth-order valence-corrected chi connectivity index (χ4v) is 2.64. The van der Waals surface area contributed by atoms with Crippen molar-refractivity contribution in [2.45, 2.75) is 27.2 Å². The Balaban J connectivity index is 2.08. The summed E-state index contributed by atoms with van der Waals surface area (Å²) in [6.07, 6.45) is 2.50. The minimum atomic E-state index is -0.191. The van der Waals surface area contributed by atoms with Gasteiger partial charge in [0.15, 0.2) is 0 Å².